The summed E-state index contributed by atoms with van der Waals surface area (Å²) in [6.45, 7) is 0. The molecule has 1 saturated heterocycles. The first-order chi connectivity index (χ1) is 11.0. The Labute approximate surface area is 147 Å². The zero-order valence-electron chi connectivity index (χ0n) is 11.7. The fourth-order valence-electron chi connectivity index (χ4n) is 2.41. The molecule has 2 amide bonds. The second-order valence-electron chi connectivity index (χ2n) is 5.05. The van der Waals surface area contributed by atoms with Crippen LogP contribution in [0.1, 0.15) is 6.42 Å². The van der Waals surface area contributed by atoms with E-state index in [1.54, 1.807) is 42.5 Å². The molecule has 0 saturated carbocycles. The smallest absolute Gasteiger partial charge is 0.256 e. The van der Waals surface area contributed by atoms with Crippen molar-refractivity contribution in [1.82, 2.24) is 0 Å². The number of nitrogens with one attached hydrogen (secondary N) is 1. The zero-order valence-corrected chi connectivity index (χ0v) is 14.0. The maximum Gasteiger partial charge on any atom is 0.256 e. The minimum absolute atomic E-state index is 0.0459. The number of hydrogen-bond donors (Lipinski definition) is 1. The number of hydrogen-bond acceptors (Lipinski definition) is 3. The van der Waals surface area contributed by atoms with E-state index >= 15 is 0 Å². The van der Waals surface area contributed by atoms with Gasteiger partial charge < -0.3 is 5.32 Å². The van der Waals surface area contributed by atoms with Crippen molar-refractivity contribution in [3.05, 3.63) is 57.5 Å². The van der Waals surface area contributed by atoms with Crippen LogP contribution in [-0.4, -0.2) is 17.9 Å². The third-order valence-corrected chi connectivity index (χ3v) is 4.56. The van der Waals surface area contributed by atoms with Gasteiger partial charge in [-0.05, 0) is 36.4 Å². The standard InChI is InChI=1S/C16H11Cl3N2O2/c17-9-4-6-10(7-5-9)20-12-8-14(22)21(16(12)23)13-3-1-2-11(18)15(13)19/h1-7,12,20H,8H2. The maximum absolute atomic E-state index is 12.6. The number of halogens is 3. The largest absolute Gasteiger partial charge is 0.373 e. The highest BCUT2D eigenvalue weighted by Gasteiger charge is 2.40. The van der Waals surface area contributed by atoms with Gasteiger partial charge in [-0.3, -0.25) is 9.59 Å². The Kier molecular flexibility index (Phi) is 4.48. The highest BCUT2D eigenvalue weighted by molar-refractivity contribution is 6.45. The molecule has 1 aliphatic rings. The van der Waals surface area contributed by atoms with E-state index in [0.29, 0.717) is 21.4 Å². The van der Waals surface area contributed by atoms with E-state index in [1.165, 1.54) is 0 Å². The van der Waals surface area contributed by atoms with Gasteiger partial charge in [-0.25, -0.2) is 4.90 Å². The van der Waals surface area contributed by atoms with E-state index in [2.05, 4.69) is 5.32 Å². The minimum atomic E-state index is -0.654. The van der Waals surface area contributed by atoms with Crippen molar-refractivity contribution in [2.24, 2.45) is 0 Å². The van der Waals surface area contributed by atoms with Gasteiger partial charge in [0.15, 0.2) is 0 Å². The molecule has 4 nitrogen and oxygen atoms in total. The lowest BCUT2D eigenvalue weighted by Gasteiger charge is -2.17. The van der Waals surface area contributed by atoms with Crippen LogP contribution >= 0.6 is 34.8 Å². The number of carbonyl (C=O) groups is 2. The summed E-state index contributed by atoms with van der Waals surface area (Å²) in [6.07, 6.45) is 0.0459. The van der Waals surface area contributed by atoms with Crippen molar-refractivity contribution in [3.8, 4) is 0 Å². The molecule has 1 heterocycles. The lowest BCUT2D eigenvalue weighted by molar-refractivity contribution is -0.121. The zero-order chi connectivity index (χ0) is 16.6. The van der Waals surface area contributed by atoms with Gasteiger partial charge in [0.1, 0.15) is 6.04 Å². The van der Waals surface area contributed by atoms with Gasteiger partial charge in [0, 0.05) is 10.7 Å². The van der Waals surface area contributed by atoms with E-state index in [-0.39, 0.29) is 23.3 Å². The Hall–Kier alpha value is -1.75. The predicted molar refractivity (Wildman–Crippen MR) is 92.4 cm³/mol. The Balaban J connectivity index is 1.85. The third-order valence-electron chi connectivity index (χ3n) is 3.50. The molecule has 1 fully saturated rings. The van der Waals surface area contributed by atoms with Crippen LogP contribution < -0.4 is 10.2 Å². The van der Waals surface area contributed by atoms with Crippen molar-refractivity contribution in [2.45, 2.75) is 12.5 Å². The van der Waals surface area contributed by atoms with E-state index in [4.69, 9.17) is 34.8 Å². The Morgan fingerprint density at radius 3 is 2.39 bits per heavy atom. The van der Waals surface area contributed by atoms with Gasteiger partial charge in [-0.15, -0.1) is 0 Å². The van der Waals surface area contributed by atoms with Crippen LogP contribution in [0, 0.1) is 0 Å². The average Bonchev–Trinajstić information content (AvgIpc) is 2.79. The molecular weight excluding hydrogens is 359 g/mol. The van der Waals surface area contributed by atoms with E-state index in [1.807, 2.05) is 0 Å². The highest BCUT2D eigenvalue weighted by atomic mass is 35.5. The van der Waals surface area contributed by atoms with Crippen LogP contribution in [0.5, 0.6) is 0 Å². The van der Waals surface area contributed by atoms with Crippen molar-refractivity contribution in [3.63, 3.8) is 0 Å². The molecule has 0 aromatic heterocycles. The first-order valence-corrected chi connectivity index (χ1v) is 7.93. The molecule has 0 spiro atoms. The minimum Gasteiger partial charge on any atom is -0.373 e. The fourth-order valence-corrected chi connectivity index (χ4v) is 2.92. The summed E-state index contributed by atoms with van der Waals surface area (Å²) in [5.41, 5.74) is 1.01. The molecule has 2 aromatic carbocycles. The highest BCUT2D eigenvalue weighted by Crippen LogP contribution is 2.35. The summed E-state index contributed by atoms with van der Waals surface area (Å²) < 4.78 is 0. The monoisotopic (exact) mass is 368 g/mol. The molecule has 2 aromatic rings. The molecule has 0 aliphatic carbocycles. The maximum atomic E-state index is 12.6. The van der Waals surface area contributed by atoms with Crippen molar-refractivity contribution >= 4 is 58.0 Å². The van der Waals surface area contributed by atoms with E-state index in [0.717, 1.165) is 4.90 Å². The lowest BCUT2D eigenvalue weighted by Crippen LogP contribution is -2.35. The summed E-state index contributed by atoms with van der Waals surface area (Å²) in [7, 11) is 0. The van der Waals surface area contributed by atoms with Crippen LogP contribution in [0.2, 0.25) is 15.1 Å². The second kappa shape index (κ2) is 6.40. The van der Waals surface area contributed by atoms with Crippen molar-refractivity contribution < 1.29 is 9.59 Å². The first kappa shape index (κ1) is 16.1. The van der Waals surface area contributed by atoms with Crippen molar-refractivity contribution in [2.75, 3.05) is 10.2 Å². The molecule has 1 aliphatic heterocycles. The van der Waals surface area contributed by atoms with Crippen LogP contribution in [-0.2, 0) is 9.59 Å². The quantitative estimate of drug-likeness (QED) is 0.816. The second-order valence-corrected chi connectivity index (χ2v) is 6.27. The SMILES string of the molecule is O=C1CC(Nc2ccc(Cl)cc2)C(=O)N1c1cccc(Cl)c1Cl. The summed E-state index contributed by atoms with van der Waals surface area (Å²) in [5.74, 6) is -0.695. The molecule has 1 unspecified atom stereocenters. The summed E-state index contributed by atoms with van der Waals surface area (Å²) in [6, 6.07) is 11.1. The van der Waals surface area contributed by atoms with E-state index < -0.39 is 6.04 Å². The molecule has 3 rings (SSSR count). The Morgan fingerprint density at radius 2 is 1.70 bits per heavy atom. The van der Waals surface area contributed by atoms with E-state index in [9.17, 15) is 9.59 Å². The number of anilines is 2. The van der Waals surface area contributed by atoms with Gasteiger partial charge in [-0.2, -0.15) is 0 Å². The van der Waals surface area contributed by atoms with Crippen molar-refractivity contribution in [1.29, 1.82) is 0 Å². The molecular formula is C16H11Cl3N2O2. The normalized spacial score (nSPS) is 17.7. The van der Waals surface area contributed by atoms with Gasteiger partial charge in [0.25, 0.3) is 5.91 Å². The van der Waals surface area contributed by atoms with Gasteiger partial charge in [0.2, 0.25) is 5.91 Å². The van der Waals surface area contributed by atoms with Crippen LogP contribution in [0.3, 0.4) is 0 Å². The number of imide groups is 1. The first-order valence-electron chi connectivity index (χ1n) is 6.80. The molecule has 7 heteroatoms. The number of benzene rings is 2. The molecule has 0 radical (unpaired) electrons. The molecule has 0 bridgehead atoms. The summed E-state index contributed by atoms with van der Waals surface area (Å²) in [4.78, 5) is 25.9. The van der Waals surface area contributed by atoms with Crippen LogP contribution in [0.25, 0.3) is 0 Å². The third kappa shape index (κ3) is 3.15. The fraction of sp³-hybridized carbons (Fsp3) is 0.125. The Morgan fingerprint density at radius 1 is 1.00 bits per heavy atom. The van der Waals surface area contributed by atoms with Crippen LogP contribution in [0.15, 0.2) is 42.5 Å². The van der Waals surface area contributed by atoms with Gasteiger partial charge in [-0.1, -0.05) is 40.9 Å². The molecule has 1 atom stereocenters. The van der Waals surface area contributed by atoms with Gasteiger partial charge in [0.05, 0.1) is 22.2 Å². The number of rotatable bonds is 3. The number of carbonyl (C=O) groups excluding carboxylic acids is 2. The number of nitrogens with zero attached hydrogens (tertiary/aromatic N) is 1. The average molecular weight is 370 g/mol. The predicted octanol–water partition coefficient (Wildman–Crippen LogP) is 4.39. The Bertz CT molecular complexity index is 777. The number of amides is 2. The molecule has 1 N–H and O–H groups in total. The van der Waals surface area contributed by atoms with Crippen LogP contribution in [0.4, 0.5) is 11.4 Å². The molecule has 118 valence electrons. The summed E-state index contributed by atoms with van der Waals surface area (Å²) >= 11 is 17.9. The topological polar surface area (TPSA) is 49.4 Å². The lowest BCUT2D eigenvalue weighted by atomic mass is 10.2. The molecule has 23 heavy (non-hydrogen) atoms. The van der Waals surface area contributed by atoms with Gasteiger partial charge >= 0.3 is 0 Å². The summed E-state index contributed by atoms with van der Waals surface area (Å²) in [5, 5.41) is 4.10.